The second kappa shape index (κ2) is 15.0. The van der Waals surface area contributed by atoms with Crippen LogP contribution in [0.3, 0.4) is 0 Å². The molecule has 0 unspecified atom stereocenters. The van der Waals surface area contributed by atoms with E-state index in [0.717, 1.165) is 0 Å². The molecular weight excluding hydrogens is 733 g/mol. The van der Waals surface area contributed by atoms with E-state index >= 15 is 0 Å². The first-order valence-corrected chi connectivity index (χ1v) is 19.9. The Morgan fingerprint density at radius 1 is 0.731 bits per heavy atom. The Balaban J connectivity index is 0.000000201. The third-order valence-corrected chi connectivity index (χ3v) is 13.0. The monoisotopic (exact) mass is 770 g/mol. The van der Waals surface area contributed by atoms with Crippen LogP contribution in [-0.2, 0) is 42.4 Å². The van der Waals surface area contributed by atoms with E-state index < -0.39 is 31.0 Å². The minimum Gasteiger partial charge on any atom is -0.399 e. The van der Waals surface area contributed by atoms with Crippen molar-refractivity contribution < 1.29 is 31.3 Å². The fourth-order valence-electron chi connectivity index (χ4n) is 6.34. The number of aryl methyl sites for hydroxylation is 2. The Morgan fingerprint density at radius 2 is 1.15 bits per heavy atom. The Labute approximate surface area is 305 Å². The normalized spacial score (nSPS) is 17.1. The van der Waals surface area contributed by atoms with Gasteiger partial charge in [-0.2, -0.15) is 0 Å². The number of H-pyrrole nitrogens is 2. The van der Waals surface area contributed by atoms with Gasteiger partial charge in [-0.05, 0) is 62.6 Å². The smallest absolute Gasteiger partial charge is 0.277 e. The number of hydrogen-bond donors (Lipinski definition) is 2. The summed E-state index contributed by atoms with van der Waals surface area (Å²) in [7, 11) is -4.03. The first-order valence-electron chi connectivity index (χ1n) is 16.2. The van der Waals surface area contributed by atoms with Crippen LogP contribution in [0, 0.1) is 13.8 Å². The van der Waals surface area contributed by atoms with Crippen LogP contribution in [0.1, 0.15) is 76.0 Å². The molecule has 2 N–H and O–H groups in total. The van der Waals surface area contributed by atoms with Crippen molar-refractivity contribution in [1.29, 1.82) is 0 Å². The number of ketones is 1. The molecule has 0 aliphatic carbocycles. The number of benzene rings is 2. The fourth-order valence-corrected chi connectivity index (χ4v) is 9.78. The molecule has 0 saturated heterocycles. The second-order valence-corrected chi connectivity index (χ2v) is 16.5. The summed E-state index contributed by atoms with van der Waals surface area (Å²) in [6, 6.07) is 6.05. The van der Waals surface area contributed by atoms with Gasteiger partial charge in [0.15, 0.2) is 25.5 Å². The lowest BCUT2D eigenvalue weighted by atomic mass is 9.93. The zero-order chi connectivity index (χ0) is 38.1. The summed E-state index contributed by atoms with van der Waals surface area (Å²) in [5, 5.41) is 13.5. The predicted molar refractivity (Wildman–Crippen MR) is 198 cm³/mol. The summed E-state index contributed by atoms with van der Waals surface area (Å²) in [4.78, 5) is 48.0. The summed E-state index contributed by atoms with van der Waals surface area (Å²) in [5.41, 5.74) is 3.78. The van der Waals surface area contributed by atoms with E-state index in [1.54, 1.807) is 33.0 Å². The number of thiocarbonyl (C=S) groups is 1. The molecule has 15 nitrogen and oxygen atoms in total. The summed E-state index contributed by atoms with van der Waals surface area (Å²) in [6.07, 6.45) is 3.42. The Hall–Kier alpha value is -4.94. The standard InChI is InChI=1S/C17H19N3O5S.C17H19N3O4S2/c1-4-20-17(22)12(9-18-20)16(21)11-5-6-14-15(10(11)2)13(19-25-3)7-8-26(14,23)24;1-4-20-17(21)12(9-18-20)16(25)11-5-6-14-15(10(11)2)13(19-24-3)7-8-26(14,22)23/h2*5-6,9,18H,4,7-8H2,1-3H3/b2*19-13+. The third kappa shape index (κ3) is 6.84. The summed E-state index contributed by atoms with van der Waals surface area (Å²) in [6.45, 7) is 8.01. The van der Waals surface area contributed by atoms with Gasteiger partial charge in [-0.1, -0.05) is 28.6 Å². The lowest BCUT2D eigenvalue weighted by molar-refractivity contribution is 0.103. The summed E-state index contributed by atoms with van der Waals surface area (Å²) in [5.74, 6) is -0.531. The maximum Gasteiger partial charge on any atom is 0.277 e. The van der Waals surface area contributed by atoms with E-state index in [1.807, 2.05) is 6.92 Å². The maximum absolute atomic E-state index is 12.9. The van der Waals surface area contributed by atoms with E-state index in [0.29, 0.717) is 62.8 Å². The molecule has 0 saturated carbocycles. The predicted octanol–water partition coefficient (Wildman–Crippen LogP) is 3.06. The topological polar surface area (TPSA) is 204 Å². The molecular formula is C34H38N6O9S3. The van der Waals surface area contributed by atoms with Crippen LogP contribution < -0.4 is 11.1 Å². The van der Waals surface area contributed by atoms with Crippen LogP contribution in [0.25, 0.3) is 0 Å². The highest BCUT2D eigenvalue weighted by Crippen LogP contribution is 2.32. The lowest BCUT2D eigenvalue weighted by Crippen LogP contribution is -2.25. The molecule has 0 atom stereocenters. The van der Waals surface area contributed by atoms with Crippen LogP contribution >= 0.6 is 12.2 Å². The first kappa shape index (κ1) is 38.3. The number of oxime groups is 2. The minimum atomic E-state index is -3.45. The Morgan fingerprint density at radius 3 is 1.60 bits per heavy atom. The van der Waals surface area contributed by atoms with Gasteiger partial charge >= 0.3 is 0 Å². The highest BCUT2D eigenvalue weighted by molar-refractivity contribution is 7.92. The zero-order valence-electron chi connectivity index (χ0n) is 29.4. The molecule has 2 aromatic carbocycles. The molecule has 6 rings (SSSR count). The third-order valence-electron chi connectivity index (χ3n) is 9.01. The van der Waals surface area contributed by atoms with E-state index in [9.17, 15) is 31.2 Å². The number of carbonyl (C=O) groups is 1. The van der Waals surface area contributed by atoms with Crippen LogP contribution in [0.5, 0.6) is 0 Å². The fraction of sp³-hybridized carbons (Fsp3) is 0.353. The molecule has 2 aliphatic rings. The van der Waals surface area contributed by atoms with E-state index in [1.165, 1.54) is 48.0 Å². The highest BCUT2D eigenvalue weighted by Gasteiger charge is 2.33. The molecule has 2 aromatic heterocycles. The lowest BCUT2D eigenvalue weighted by Gasteiger charge is -2.21. The van der Waals surface area contributed by atoms with Gasteiger partial charge in [0.1, 0.15) is 19.8 Å². The number of nitrogens with zero attached hydrogens (tertiary/aromatic N) is 4. The largest absolute Gasteiger partial charge is 0.399 e. The molecule has 52 heavy (non-hydrogen) atoms. The van der Waals surface area contributed by atoms with Crippen LogP contribution in [0.2, 0.25) is 0 Å². The number of nitrogens with one attached hydrogen (secondary N) is 2. The quantitative estimate of drug-likeness (QED) is 0.152. The van der Waals surface area contributed by atoms with Crippen molar-refractivity contribution in [2.24, 2.45) is 10.3 Å². The van der Waals surface area contributed by atoms with Gasteiger partial charge in [0.2, 0.25) is 0 Å². The number of rotatable bonds is 8. The zero-order valence-corrected chi connectivity index (χ0v) is 31.8. The minimum absolute atomic E-state index is 0.00948. The van der Waals surface area contributed by atoms with Crippen molar-refractivity contribution in [2.75, 3.05) is 25.7 Å². The molecule has 276 valence electrons. The molecule has 0 radical (unpaired) electrons. The van der Waals surface area contributed by atoms with Gasteiger partial charge in [-0.3, -0.25) is 23.7 Å². The highest BCUT2D eigenvalue weighted by atomic mass is 32.2. The number of hydrogen-bond acceptors (Lipinski definition) is 12. The van der Waals surface area contributed by atoms with E-state index in [-0.39, 0.29) is 50.8 Å². The number of sulfone groups is 2. The number of carbonyl (C=O) groups excluding carboxylic acids is 1. The Bertz CT molecular complexity index is 2330. The van der Waals surface area contributed by atoms with Crippen LogP contribution in [0.4, 0.5) is 0 Å². The molecule has 4 heterocycles. The van der Waals surface area contributed by atoms with Crippen molar-refractivity contribution >= 4 is 54.0 Å². The average molecular weight is 771 g/mol. The van der Waals surface area contributed by atoms with Crippen molar-refractivity contribution in [3.8, 4) is 0 Å². The van der Waals surface area contributed by atoms with Gasteiger partial charge in [0.05, 0.1) is 43.1 Å². The second-order valence-electron chi connectivity index (χ2n) is 11.9. The number of fused-ring (bicyclic) bond motifs is 2. The first-order chi connectivity index (χ1) is 24.6. The van der Waals surface area contributed by atoms with Crippen molar-refractivity contribution in [3.05, 3.63) is 102 Å². The maximum atomic E-state index is 12.9. The molecule has 18 heteroatoms. The molecule has 2 aliphatic heterocycles. The van der Waals surface area contributed by atoms with Gasteiger partial charge < -0.3 is 19.9 Å². The van der Waals surface area contributed by atoms with Crippen molar-refractivity contribution in [1.82, 2.24) is 19.6 Å². The summed E-state index contributed by atoms with van der Waals surface area (Å²) >= 11 is 5.53. The van der Waals surface area contributed by atoms with Crippen molar-refractivity contribution in [2.45, 2.75) is 63.4 Å². The van der Waals surface area contributed by atoms with Gasteiger partial charge in [0.25, 0.3) is 11.1 Å². The molecule has 4 aromatic rings. The number of aromatic amines is 2. The summed E-state index contributed by atoms with van der Waals surface area (Å²) < 4.78 is 52.4. The molecule has 0 spiro atoms. The number of aromatic nitrogens is 4. The molecule has 0 bridgehead atoms. The van der Waals surface area contributed by atoms with Crippen molar-refractivity contribution in [3.63, 3.8) is 0 Å². The average Bonchev–Trinajstić information content (AvgIpc) is 3.68. The molecule has 0 fully saturated rings. The Kier molecular flexibility index (Phi) is 11.0. The van der Waals surface area contributed by atoms with Crippen LogP contribution in [-0.4, -0.2) is 84.2 Å². The van der Waals surface area contributed by atoms with E-state index in [2.05, 4.69) is 20.5 Å². The molecule has 0 amide bonds. The van der Waals surface area contributed by atoms with E-state index in [4.69, 9.17) is 21.9 Å². The van der Waals surface area contributed by atoms with Crippen LogP contribution in [0.15, 0.2) is 66.4 Å². The van der Waals surface area contributed by atoms with Gasteiger partial charge in [0, 0.05) is 55.0 Å². The SMILES string of the molecule is CCn1[nH]cc(C(=O)c2ccc3c(c2C)/C(=N/OC)CCS3(=O)=O)c1=O.CCn1[nH]cc(C(=S)c2ccc3c(c2C)/C(=N/OC)CCS3(=O)=O)c1=O. The van der Waals surface area contributed by atoms with Gasteiger partial charge in [-0.15, -0.1) is 0 Å². The van der Waals surface area contributed by atoms with Gasteiger partial charge in [-0.25, -0.2) is 16.8 Å².